The van der Waals surface area contributed by atoms with Gasteiger partial charge in [0.25, 0.3) is 0 Å². The lowest BCUT2D eigenvalue weighted by molar-refractivity contribution is -0.268. The summed E-state index contributed by atoms with van der Waals surface area (Å²) in [6, 6.07) is 40.9. The van der Waals surface area contributed by atoms with Crippen LogP contribution in [0.4, 0.5) is 0 Å². The van der Waals surface area contributed by atoms with Crippen molar-refractivity contribution in [2.45, 2.75) is 68.2 Å². The van der Waals surface area contributed by atoms with Crippen LogP contribution in [0.15, 0.2) is 132 Å². The second-order valence-corrected chi connectivity index (χ2v) is 14.0. The van der Waals surface area contributed by atoms with Crippen LogP contribution in [0, 0.1) is 6.92 Å². The minimum Gasteiger partial charge on any atom is -0.374 e. The number of rotatable bonds is 16. The molecule has 1 aliphatic heterocycles. The van der Waals surface area contributed by atoms with Crippen LogP contribution in [0.3, 0.4) is 0 Å². The third-order valence-electron chi connectivity index (χ3n) is 7.95. The first-order valence-electron chi connectivity index (χ1n) is 16.0. The second-order valence-electron chi connectivity index (χ2n) is 11.5. The predicted molar refractivity (Wildman–Crippen MR) is 187 cm³/mol. The molecule has 244 valence electrons. The highest BCUT2D eigenvalue weighted by Gasteiger charge is 2.48. The van der Waals surface area contributed by atoms with E-state index in [1.165, 1.54) is 4.88 Å². The van der Waals surface area contributed by atoms with Crippen LogP contribution < -0.4 is 0 Å². The molecule has 0 saturated carbocycles. The Balaban J connectivity index is 1.29. The molecule has 0 radical (unpaired) electrons. The molecule has 0 amide bonds. The Hall–Kier alpha value is -3.34. The molecule has 1 fully saturated rings. The van der Waals surface area contributed by atoms with Crippen molar-refractivity contribution in [1.82, 2.24) is 4.98 Å². The normalized spacial score (nSPS) is 21.1. The Labute approximate surface area is 286 Å². The van der Waals surface area contributed by atoms with Gasteiger partial charge >= 0.3 is 0 Å². The zero-order valence-electron chi connectivity index (χ0n) is 26.6. The molecule has 5 atom stereocenters. The maximum absolute atomic E-state index is 6.94. The van der Waals surface area contributed by atoms with Gasteiger partial charge in [0.05, 0.1) is 39.1 Å². The molecule has 47 heavy (non-hydrogen) atoms. The lowest BCUT2D eigenvalue weighted by atomic mass is 9.94. The number of thiazole rings is 1. The molecule has 2 heterocycles. The Morgan fingerprint density at radius 1 is 0.596 bits per heavy atom. The molecule has 1 aliphatic rings. The van der Waals surface area contributed by atoms with Crippen molar-refractivity contribution >= 4 is 23.1 Å². The van der Waals surface area contributed by atoms with E-state index in [2.05, 4.69) is 60.4 Å². The molecule has 1 saturated heterocycles. The van der Waals surface area contributed by atoms with Gasteiger partial charge in [0.1, 0.15) is 28.8 Å². The Kier molecular flexibility index (Phi) is 12.6. The van der Waals surface area contributed by atoms with Crippen molar-refractivity contribution in [2.24, 2.45) is 0 Å². The summed E-state index contributed by atoms with van der Waals surface area (Å²) in [6.07, 6.45) is -0.0424. The molecule has 0 aliphatic carbocycles. The summed E-state index contributed by atoms with van der Waals surface area (Å²) in [7, 11) is 0. The lowest BCUT2D eigenvalue weighted by Crippen LogP contribution is -2.61. The number of hydrogen-bond acceptors (Lipinski definition) is 8. The standard InChI is InChI=1S/C39H41NO5S2/c1-29-22-40-39(47-29)46-28-35-37(43-25-32-18-10-4-11-19-32)38(44-26-33-20-12-5-13-21-33)36(42-24-31-16-8-3-9-17-31)34(45-35)27-41-23-30-14-6-2-7-15-30/h2-22,34-38H,23-28H2,1H3/t34?,35-,36-,37?,38?/m1/s1. The van der Waals surface area contributed by atoms with Crippen molar-refractivity contribution < 1.29 is 23.7 Å². The Morgan fingerprint density at radius 3 is 1.51 bits per heavy atom. The maximum atomic E-state index is 6.94. The van der Waals surface area contributed by atoms with Gasteiger partial charge in [-0.15, -0.1) is 11.3 Å². The third-order valence-corrected chi connectivity index (χ3v) is 10.1. The molecule has 0 bridgehead atoms. The first-order valence-corrected chi connectivity index (χ1v) is 17.8. The van der Waals surface area contributed by atoms with E-state index in [1.807, 2.05) is 79.0 Å². The number of aromatic nitrogens is 1. The SMILES string of the molecule is Cc1cnc(SC[C@H]2OC(COCc3ccccc3)[C@@H](OCc3ccccc3)C(OCc3ccccc3)C2OCc2ccccc2)s1. The van der Waals surface area contributed by atoms with Crippen LogP contribution in [0.1, 0.15) is 27.1 Å². The fourth-order valence-electron chi connectivity index (χ4n) is 5.57. The number of ether oxygens (including phenoxy) is 5. The summed E-state index contributed by atoms with van der Waals surface area (Å²) in [5, 5.41) is 0. The number of aryl methyl sites for hydroxylation is 1. The second kappa shape index (κ2) is 17.7. The molecular weight excluding hydrogens is 627 g/mol. The van der Waals surface area contributed by atoms with E-state index in [9.17, 15) is 0 Å². The quantitative estimate of drug-likeness (QED) is 0.0982. The van der Waals surface area contributed by atoms with Crippen LogP contribution in [-0.2, 0) is 50.1 Å². The van der Waals surface area contributed by atoms with Crippen LogP contribution in [0.25, 0.3) is 0 Å². The van der Waals surface area contributed by atoms with E-state index in [1.54, 1.807) is 23.1 Å². The summed E-state index contributed by atoms with van der Waals surface area (Å²) in [5.41, 5.74) is 4.36. The molecule has 4 aromatic carbocycles. The molecule has 0 spiro atoms. The lowest BCUT2D eigenvalue weighted by Gasteiger charge is -2.46. The molecule has 8 heteroatoms. The summed E-state index contributed by atoms with van der Waals surface area (Å²) in [6.45, 7) is 4.17. The third kappa shape index (κ3) is 10.1. The highest BCUT2D eigenvalue weighted by molar-refractivity contribution is 8.01. The number of thioether (sulfide) groups is 1. The van der Waals surface area contributed by atoms with Gasteiger partial charge in [-0.1, -0.05) is 133 Å². The molecule has 5 aromatic rings. The number of hydrogen-bond donors (Lipinski definition) is 0. The number of nitrogens with zero attached hydrogens (tertiary/aromatic N) is 1. The molecule has 0 N–H and O–H groups in total. The smallest absolute Gasteiger partial charge is 0.150 e. The van der Waals surface area contributed by atoms with Gasteiger partial charge in [0.2, 0.25) is 0 Å². The van der Waals surface area contributed by atoms with E-state index >= 15 is 0 Å². The average Bonchev–Trinajstić information content (AvgIpc) is 3.55. The van der Waals surface area contributed by atoms with Gasteiger partial charge < -0.3 is 23.7 Å². The van der Waals surface area contributed by atoms with E-state index in [-0.39, 0.29) is 12.2 Å². The maximum Gasteiger partial charge on any atom is 0.150 e. The first-order chi connectivity index (χ1) is 23.2. The summed E-state index contributed by atoms with van der Waals surface area (Å²) in [5.74, 6) is 0.651. The van der Waals surface area contributed by atoms with Gasteiger partial charge in [0, 0.05) is 16.8 Å². The molecule has 3 unspecified atom stereocenters. The van der Waals surface area contributed by atoms with Crippen molar-refractivity contribution in [3.63, 3.8) is 0 Å². The van der Waals surface area contributed by atoms with Crippen LogP contribution in [-0.4, -0.2) is 47.9 Å². The van der Waals surface area contributed by atoms with Gasteiger partial charge in [0.15, 0.2) is 0 Å². The van der Waals surface area contributed by atoms with Gasteiger partial charge in [-0.25, -0.2) is 4.98 Å². The van der Waals surface area contributed by atoms with Crippen molar-refractivity contribution in [1.29, 1.82) is 0 Å². The summed E-state index contributed by atoms with van der Waals surface area (Å²) >= 11 is 3.38. The van der Waals surface area contributed by atoms with Crippen molar-refractivity contribution in [3.8, 4) is 0 Å². The summed E-state index contributed by atoms with van der Waals surface area (Å²) < 4.78 is 34.6. The fourth-order valence-corrected chi connectivity index (χ4v) is 7.60. The summed E-state index contributed by atoms with van der Waals surface area (Å²) in [4.78, 5) is 5.78. The van der Waals surface area contributed by atoms with E-state index in [0.717, 1.165) is 26.6 Å². The largest absolute Gasteiger partial charge is 0.374 e. The van der Waals surface area contributed by atoms with E-state index in [4.69, 9.17) is 23.7 Å². The van der Waals surface area contributed by atoms with E-state index in [0.29, 0.717) is 38.8 Å². The highest BCUT2D eigenvalue weighted by atomic mass is 32.2. The molecular formula is C39H41NO5S2. The predicted octanol–water partition coefficient (Wildman–Crippen LogP) is 8.28. The highest BCUT2D eigenvalue weighted by Crippen LogP contribution is 2.34. The number of benzene rings is 4. The van der Waals surface area contributed by atoms with Crippen LogP contribution in [0.2, 0.25) is 0 Å². The molecule has 6 rings (SSSR count). The Bertz CT molecular complexity index is 1590. The first kappa shape index (κ1) is 33.6. The zero-order valence-corrected chi connectivity index (χ0v) is 28.2. The molecule has 1 aromatic heterocycles. The van der Waals surface area contributed by atoms with Crippen molar-refractivity contribution in [2.75, 3.05) is 12.4 Å². The topological polar surface area (TPSA) is 59.0 Å². The minimum absolute atomic E-state index is 0.296. The average molecular weight is 668 g/mol. The molecule has 6 nitrogen and oxygen atoms in total. The zero-order chi connectivity index (χ0) is 32.1. The van der Waals surface area contributed by atoms with Crippen LogP contribution >= 0.6 is 23.1 Å². The van der Waals surface area contributed by atoms with Gasteiger partial charge in [-0.3, -0.25) is 0 Å². The minimum atomic E-state index is -0.446. The fraction of sp³-hybridized carbons (Fsp3) is 0.308. The van der Waals surface area contributed by atoms with Gasteiger partial charge in [-0.2, -0.15) is 0 Å². The monoisotopic (exact) mass is 667 g/mol. The van der Waals surface area contributed by atoms with Gasteiger partial charge in [-0.05, 0) is 29.2 Å². The Morgan fingerprint density at radius 2 is 1.04 bits per heavy atom. The van der Waals surface area contributed by atoms with Crippen LogP contribution in [0.5, 0.6) is 0 Å². The van der Waals surface area contributed by atoms with Crippen molar-refractivity contribution in [3.05, 3.63) is 155 Å². The van der Waals surface area contributed by atoms with E-state index < -0.39 is 18.3 Å².